The lowest BCUT2D eigenvalue weighted by Gasteiger charge is -2.19. The Bertz CT molecular complexity index is 935. The van der Waals surface area contributed by atoms with Crippen LogP contribution in [0.2, 0.25) is 0 Å². The molecule has 4 rings (SSSR count). The van der Waals surface area contributed by atoms with Gasteiger partial charge in [-0.1, -0.05) is 48.5 Å². The molecule has 2 heteroatoms. The summed E-state index contributed by atoms with van der Waals surface area (Å²) in [6.07, 6.45) is 0. The van der Waals surface area contributed by atoms with Crippen LogP contribution < -0.4 is 0 Å². The molecule has 1 aliphatic rings. The van der Waals surface area contributed by atoms with Crippen LogP contribution in [-0.2, 0) is 0 Å². The molecule has 3 aromatic rings. The zero-order valence-corrected chi connectivity index (χ0v) is 11.5. The molecule has 0 amide bonds. The van der Waals surface area contributed by atoms with Crippen LogP contribution in [0.15, 0.2) is 54.6 Å². The van der Waals surface area contributed by atoms with Crippen LogP contribution in [-0.4, -0.2) is 11.6 Å². The third-order valence-electron chi connectivity index (χ3n) is 4.17. The molecule has 0 fully saturated rings. The molecule has 0 atom stereocenters. The Hall–Kier alpha value is -2.74. The van der Waals surface area contributed by atoms with E-state index in [1.807, 2.05) is 31.2 Å². The molecule has 21 heavy (non-hydrogen) atoms. The number of aryl methyl sites for hydroxylation is 1. The van der Waals surface area contributed by atoms with E-state index >= 15 is 0 Å². The van der Waals surface area contributed by atoms with E-state index in [2.05, 4.69) is 0 Å². The summed E-state index contributed by atoms with van der Waals surface area (Å²) in [6, 6.07) is 16.6. The lowest BCUT2D eigenvalue weighted by Crippen LogP contribution is -2.21. The van der Waals surface area contributed by atoms with Crippen molar-refractivity contribution < 1.29 is 9.59 Å². The average molecular weight is 272 g/mol. The first kappa shape index (κ1) is 12.0. The molecule has 0 N–H and O–H groups in total. The number of rotatable bonds is 0. The minimum absolute atomic E-state index is 0.0589. The van der Waals surface area contributed by atoms with Gasteiger partial charge in [-0.25, -0.2) is 0 Å². The van der Waals surface area contributed by atoms with Crippen LogP contribution in [0.5, 0.6) is 0 Å². The summed E-state index contributed by atoms with van der Waals surface area (Å²) in [5, 5.41) is 1.89. The number of fused-ring (bicyclic) bond motifs is 4. The molecule has 0 aromatic heterocycles. The summed E-state index contributed by atoms with van der Waals surface area (Å²) in [7, 11) is 0. The predicted molar refractivity (Wildman–Crippen MR) is 82.0 cm³/mol. The van der Waals surface area contributed by atoms with Gasteiger partial charge in [0.2, 0.25) is 0 Å². The monoisotopic (exact) mass is 272 g/mol. The highest BCUT2D eigenvalue weighted by atomic mass is 16.1. The third-order valence-corrected chi connectivity index (χ3v) is 4.17. The molecule has 0 radical (unpaired) electrons. The maximum Gasteiger partial charge on any atom is 0.195 e. The van der Waals surface area contributed by atoms with Crippen LogP contribution >= 0.6 is 0 Å². The van der Waals surface area contributed by atoms with Crippen LogP contribution in [0.3, 0.4) is 0 Å². The van der Waals surface area contributed by atoms with Gasteiger partial charge in [-0.15, -0.1) is 0 Å². The number of benzene rings is 3. The first-order valence-corrected chi connectivity index (χ1v) is 6.89. The molecule has 1 aliphatic carbocycles. The SMILES string of the molecule is Cc1cccc2c3c(ccc12)C(=O)c1ccccc1C3=O. The normalized spacial score (nSPS) is 13.2. The van der Waals surface area contributed by atoms with E-state index in [0.29, 0.717) is 22.3 Å². The number of hydrogen-bond acceptors (Lipinski definition) is 2. The van der Waals surface area contributed by atoms with E-state index in [1.165, 1.54) is 0 Å². The van der Waals surface area contributed by atoms with Crippen LogP contribution in [0.4, 0.5) is 0 Å². The maximum atomic E-state index is 12.8. The molecule has 100 valence electrons. The molecular formula is C19H12O2. The van der Waals surface area contributed by atoms with Gasteiger partial charge in [0, 0.05) is 22.3 Å². The summed E-state index contributed by atoms with van der Waals surface area (Å²) >= 11 is 0. The molecule has 0 heterocycles. The van der Waals surface area contributed by atoms with Crippen molar-refractivity contribution in [1.82, 2.24) is 0 Å². The van der Waals surface area contributed by atoms with Crippen molar-refractivity contribution in [2.75, 3.05) is 0 Å². The van der Waals surface area contributed by atoms with Crippen LogP contribution in [0.1, 0.15) is 37.4 Å². The van der Waals surface area contributed by atoms with Gasteiger partial charge in [0.15, 0.2) is 11.6 Å². The van der Waals surface area contributed by atoms with Crippen molar-refractivity contribution >= 4 is 22.3 Å². The Labute approximate surface area is 122 Å². The fraction of sp³-hybridized carbons (Fsp3) is 0.0526. The summed E-state index contributed by atoms with van der Waals surface area (Å²) < 4.78 is 0. The lowest BCUT2D eigenvalue weighted by atomic mass is 9.81. The van der Waals surface area contributed by atoms with E-state index in [1.54, 1.807) is 30.3 Å². The van der Waals surface area contributed by atoms with Crippen molar-refractivity contribution in [3.63, 3.8) is 0 Å². The molecule has 2 nitrogen and oxygen atoms in total. The molecule has 0 saturated heterocycles. The zero-order chi connectivity index (χ0) is 14.6. The Morgan fingerprint density at radius 3 is 2.10 bits per heavy atom. The Balaban J connectivity index is 2.14. The highest BCUT2D eigenvalue weighted by Crippen LogP contribution is 2.33. The summed E-state index contributed by atoms with van der Waals surface area (Å²) in [5.74, 6) is -0.125. The number of hydrogen-bond donors (Lipinski definition) is 0. The van der Waals surface area contributed by atoms with E-state index in [9.17, 15) is 9.59 Å². The molecule has 0 unspecified atom stereocenters. The van der Waals surface area contributed by atoms with Crippen molar-refractivity contribution in [2.45, 2.75) is 6.92 Å². The highest BCUT2D eigenvalue weighted by molar-refractivity contribution is 6.32. The van der Waals surface area contributed by atoms with Gasteiger partial charge in [-0.05, 0) is 29.3 Å². The topological polar surface area (TPSA) is 34.1 Å². The zero-order valence-electron chi connectivity index (χ0n) is 11.5. The van der Waals surface area contributed by atoms with Crippen molar-refractivity contribution in [3.8, 4) is 0 Å². The Morgan fingerprint density at radius 2 is 1.33 bits per heavy atom. The van der Waals surface area contributed by atoms with Crippen LogP contribution in [0.25, 0.3) is 10.8 Å². The van der Waals surface area contributed by atoms with Gasteiger partial charge < -0.3 is 0 Å². The number of ketones is 2. The second-order valence-corrected chi connectivity index (χ2v) is 5.36. The van der Waals surface area contributed by atoms with Gasteiger partial charge >= 0.3 is 0 Å². The van der Waals surface area contributed by atoms with Crippen molar-refractivity contribution in [1.29, 1.82) is 0 Å². The minimum Gasteiger partial charge on any atom is -0.289 e. The first-order chi connectivity index (χ1) is 10.2. The lowest BCUT2D eigenvalue weighted by molar-refractivity contribution is 0.0980. The predicted octanol–water partition coefficient (Wildman–Crippen LogP) is 3.92. The molecule has 0 saturated carbocycles. The van der Waals surface area contributed by atoms with E-state index < -0.39 is 0 Å². The molecular weight excluding hydrogens is 260 g/mol. The largest absolute Gasteiger partial charge is 0.289 e. The van der Waals surface area contributed by atoms with Gasteiger partial charge in [-0.2, -0.15) is 0 Å². The van der Waals surface area contributed by atoms with E-state index in [4.69, 9.17) is 0 Å². The molecule has 0 spiro atoms. The minimum atomic E-state index is -0.0661. The highest BCUT2D eigenvalue weighted by Gasteiger charge is 2.30. The van der Waals surface area contributed by atoms with Gasteiger partial charge in [0.1, 0.15) is 0 Å². The van der Waals surface area contributed by atoms with Gasteiger partial charge in [-0.3, -0.25) is 9.59 Å². The fourth-order valence-corrected chi connectivity index (χ4v) is 3.11. The van der Waals surface area contributed by atoms with E-state index in [-0.39, 0.29) is 11.6 Å². The quantitative estimate of drug-likeness (QED) is 0.486. The molecule has 3 aromatic carbocycles. The second-order valence-electron chi connectivity index (χ2n) is 5.36. The second kappa shape index (κ2) is 4.13. The third kappa shape index (κ3) is 1.53. The first-order valence-electron chi connectivity index (χ1n) is 6.89. The summed E-state index contributed by atoms with van der Waals surface area (Å²) in [4.78, 5) is 25.5. The summed E-state index contributed by atoms with van der Waals surface area (Å²) in [5.41, 5.74) is 3.16. The van der Waals surface area contributed by atoms with Crippen molar-refractivity contribution in [2.24, 2.45) is 0 Å². The Kier molecular flexibility index (Phi) is 2.36. The van der Waals surface area contributed by atoms with Crippen LogP contribution in [0, 0.1) is 6.92 Å². The van der Waals surface area contributed by atoms with Gasteiger partial charge in [0.25, 0.3) is 0 Å². The Morgan fingerprint density at radius 1 is 0.619 bits per heavy atom. The fourth-order valence-electron chi connectivity index (χ4n) is 3.11. The number of carbonyl (C=O) groups excluding carboxylic acids is 2. The number of carbonyl (C=O) groups is 2. The standard InChI is InChI=1S/C19H12O2/c1-11-5-4-8-13-12(11)9-10-16-17(13)19(21)15-7-3-2-6-14(15)18(16)20/h2-10H,1H3. The van der Waals surface area contributed by atoms with E-state index in [0.717, 1.165) is 16.3 Å². The molecule has 0 aliphatic heterocycles. The van der Waals surface area contributed by atoms with Crippen molar-refractivity contribution in [3.05, 3.63) is 82.4 Å². The van der Waals surface area contributed by atoms with Gasteiger partial charge in [0.05, 0.1) is 0 Å². The smallest absolute Gasteiger partial charge is 0.195 e. The maximum absolute atomic E-state index is 12.8. The summed E-state index contributed by atoms with van der Waals surface area (Å²) in [6.45, 7) is 2.01. The molecule has 0 bridgehead atoms. The average Bonchev–Trinajstić information content (AvgIpc) is 2.52.